The van der Waals surface area contributed by atoms with Gasteiger partial charge in [-0.05, 0) is 37.1 Å². The molecule has 1 unspecified atom stereocenters. The van der Waals surface area contributed by atoms with E-state index >= 15 is 0 Å². The van der Waals surface area contributed by atoms with Crippen LogP contribution in [-0.4, -0.2) is 19.3 Å². The van der Waals surface area contributed by atoms with Gasteiger partial charge in [0.2, 0.25) is 10.0 Å². The Morgan fingerprint density at radius 3 is 2.58 bits per heavy atom. The van der Waals surface area contributed by atoms with E-state index in [2.05, 4.69) is 0 Å². The molecule has 3 rings (SSSR count). The maximum atomic E-state index is 12.6. The van der Waals surface area contributed by atoms with Crippen LogP contribution in [0.3, 0.4) is 0 Å². The summed E-state index contributed by atoms with van der Waals surface area (Å²) in [5.74, 6) is 0.719. The molecule has 100 valence electrons. The fourth-order valence-electron chi connectivity index (χ4n) is 2.52. The Balaban J connectivity index is 1.97. The van der Waals surface area contributed by atoms with E-state index in [1.165, 1.54) is 0 Å². The third-order valence-corrected chi connectivity index (χ3v) is 5.35. The van der Waals surface area contributed by atoms with Crippen LogP contribution in [0.25, 0.3) is 0 Å². The molecule has 0 saturated carbocycles. The zero-order valence-electron chi connectivity index (χ0n) is 10.4. The van der Waals surface area contributed by atoms with Gasteiger partial charge in [-0.25, -0.2) is 8.42 Å². The third kappa shape index (κ3) is 2.19. The number of sulfonamides is 1. The van der Waals surface area contributed by atoms with Crippen molar-refractivity contribution in [1.82, 2.24) is 4.31 Å². The largest absolute Gasteiger partial charge is 0.468 e. The molecule has 1 aromatic heterocycles. The summed E-state index contributed by atoms with van der Waals surface area (Å²) in [6.07, 6.45) is 3.25. The van der Waals surface area contributed by atoms with Gasteiger partial charge in [-0.15, -0.1) is 0 Å². The Kier molecular flexibility index (Phi) is 3.16. The fraction of sp³-hybridized carbons (Fsp3) is 0.286. The molecule has 0 bridgehead atoms. The van der Waals surface area contributed by atoms with E-state index in [4.69, 9.17) is 4.42 Å². The maximum absolute atomic E-state index is 12.6. The van der Waals surface area contributed by atoms with E-state index in [1.54, 1.807) is 40.9 Å². The van der Waals surface area contributed by atoms with Gasteiger partial charge in [-0.1, -0.05) is 18.2 Å². The van der Waals surface area contributed by atoms with Gasteiger partial charge in [0, 0.05) is 6.54 Å². The van der Waals surface area contributed by atoms with Crippen LogP contribution in [0.1, 0.15) is 24.6 Å². The maximum Gasteiger partial charge on any atom is 0.243 e. The average molecular weight is 277 g/mol. The van der Waals surface area contributed by atoms with E-state index in [0.717, 1.165) is 18.6 Å². The zero-order chi connectivity index (χ0) is 13.3. The molecule has 0 aliphatic carbocycles. The van der Waals surface area contributed by atoms with Crippen LogP contribution >= 0.6 is 0 Å². The zero-order valence-corrected chi connectivity index (χ0v) is 11.2. The molecule has 1 aliphatic rings. The highest BCUT2D eigenvalue weighted by Gasteiger charge is 2.37. The van der Waals surface area contributed by atoms with Crippen molar-refractivity contribution in [1.29, 1.82) is 0 Å². The standard InChI is InChI=1S/C14H15NO3S/c16-19(17,12-6-2-1-3-7-12)15-10-4-8-13(15)14-9-5-11-18-14/h1-3,5-7,9,11,13H,4,8,10H2. The van der Waals surface area contributed by atoms with E-state index in [-0.39, 0.29) is 6.04 Å². The molecule has 4 nitrogen and oxygen atoms in total. The number of furan rings is 1. The molecule has 0 radical (unpaired) electrons. The lowest BCUT2D eigenvalue weighted by molar-refractivity contribution is 0.340. The van der Waals surface area contributed by atoms with E-state index in [1.807, 2.05) is 12.1 Å². The molecule has 1 aromatic carbocycles. The first-order valence-electron chi connectivity index (χ1n) is 6.30. The topological polar surface area (TPSA) is 50.5 Å². The average Bonchev–Trinajstić information content (AvgIpc) is 3.10. The van der Waals surface area contributed by atoms with Gasteiger partial charge in [-0.3, -0.25) is 0 Å². The molecular weight excluding hydrogens is 262 g/mol. The van der Waals surface area contributed by atoms with Crippen LogP contribution in [-0.2, 0) is 10.0 Å². The predicted octanol–water partition coefficient (Wildman–Crippen LogP) is 2.81. The van der Waals surface area contributed by atoms with Crippen LogP contribution < -0.4 is 0 Å². The molecule has 1 fully saturated rings. The summed E-state index contributed by atoms with van der Waals surface area (Å²) in [5.41, 5.74) is 0. The minimum atomic E-state index is -3.44. The quantitative estimate of drug-likeness (QED) is 0.866. The van der Waals surface area contributed by atoms with Crippen LogP contribution in [0, 0.1) is 0 Å². The molecule has 19 heavy (non-hydrogen) atoms. The molecule has 1 aliphatic heterocycles. The molecule has 5 heteroatoms. The lowest BCUT2D eigenvalue weighted by Gasteiger charge is -2.22. The van der Waals surface area contributed by atoms with Gasteiger partial charge in [0.15, 0.2) is 0 Å². The predicted molar refractivity (Wildman–Crippen MR) is 71.0 cm³/mol. The minimum absolute atomic E-state index is 0.180. The van der Waals surface area contributed by atoms with Gasteiger partial charge in [0.1, 0.15) is 5.76 Å². The van der Waals surface area contributed by atoms with E-state index in [0.29, 0.717) is 11.4 Å². The van der Waals surface area contributed by atoms with Gasteiger partial charge >= 0.3 is 0 Å². The van der Waals surface area contributed by atoms with Crippen LogP contribution in [0.15, 0.2) is 58.0 Å². The number of hydrogen-bond acceptors (Lipinski definition) is 3. The Morgan fingerprint density at radius 2 is 1.89 bits per heavy atom. The third-order valence-electron chi connectivity index (χ3n) is 3.43. The van der Waals surface area contributed by atoms with E-state index in [9.17, 15) is 8.42 Å². The second kappa shape index (κ2) is 4.83. The van der Waals surface area contributed by atoms with E-state index < -0.39 is 10.0 Å². The second-order valence-electron chi connectivity index (χ2n) is 4.60. The second-order valence-corrected chi connectivity index (χ2v) is 6.49. The highest BCUT2D eigenvalue weighted by molar-refractivity contribution is 7.89. The van der Waals surface area contributed by atoms with Gasteiger partial charge in [-0.2, -0.15) is 4.31 Å². The van der Waals surface area contributed by atoms with Crippen LogP contribution in [0.5, 0.6) is 0 Å². The number of rotatable bonds is 3. The first kappa shape index (κ1) is 12.4. The summed E-state index contributed by atoms with van der Waals surface area (Å²) < 4.78 is 32.2. The van der Waals surface area contributed by atoms with Gasteiger partial charge in [0.05, 0.1) is 17.2 Å². The SMILES string of the molecule is O=S(=O)(c1ccccc1)N1CCCC1c1ccco1. The van der Waals surface area contributed by atoms with Crippen molar-refractivity contribution in [2.75, 3.05) is 6.54 Å². The highest BCUT2D eigenvalue weighted by Crippen LogP contribution is 2.36. The molecule has 2 heterocycles. The normalized spacial score (nSPS) is 20.7. The smallest absolute Gasteiger partial charge is 0.243 e. The van der Waals surface area contributed by atoms with Crippen molar-refractivity contribution < 1.29 is 12.8 Å². The summed E-state index contributed by atoms with van der Waals surface area (Å²) >= 11 is 0. The molecule has 1 saturated heterocycles. The van der Waals surface area contributed by atoms with Crippen molar-refractivity contribution in [3.05, 3.63) is 54.5 Å². The van der Waals surface area contributed by atoms with Gasteiger partial charge in [0.25, 0.3) is 0 Å². The molecule has 0 N–H and O–H groups in total. The summed E-state index contributed by atoms with van der Waals surface area (Å²) in [6, 6.07) is 12.0. The first-order chi connectivity index (χ1) is 9.19. The molecule has 0 spiro atoms. The van der Waals surface area contributed by atoms with Crippen molar-refractivity contribution in [2.24, 2.45) is 0 Å². The van der Waals surface area contributed by atoms with Crippen LogP contribution in [0.2, 0.25) is 0 Å². The van der Waals surface area contributed by atoms with Crippen molar-refractivity contribution in [3.63, 3.8) is 0 Å². The number of hydrogen-bond donors (Lipinski definition) is 0. The molecule has 2 aromatic rings. The summed E-state index contributed by atoms with van der Waals surface area (Å²) in [7, 11) is -3.44. The molecular formula is C14H15NO3S. The van der Waals surface area contributed by atoms with Crippen molar-refractivity contribution in [3.8, 4) is 0 Å². The first-order valence-corrected chi connectivity index (χ1v) is 7.74. The molecule has 1 atom stereocenters. The highest BCUT2D eigenvalue weighted by atomic mass is 32.2. The Morgan fingerprint density at radius 1 is 1.11 bits per heavy atom. The number of benzene rings is 1. The monoisotopic (exact) mass is 277 g/mol. The summed E-state index contributed by atoms with van der Waals surface area (Å²) in [6.45, 7) is 0.544. The van der Waals surface area contributed by atoms with Gasteiger partial charge < -0.3 is 4.42 Å². The minimum Gasteiger partial charge on any atom is -0.468 e. The fourth-order valence-corrected chi connectivity index (χ4v) is 4.21. The number of nitrogens with zero attached hydrogens (tertiary/aromatic N) is 1. The Hall–Kier alpha value is -1.59. The summed E-state index contributed by atoms with van der Waals surface area (Å²) in [5, 5.41) is 0. The Labute approximate surface area is 112 Å². The van der Waals surface area contributed by atoms with Crippen molar-refractivity contribution in [2.45, 2.75) is 23.8 Å². The lowest BCUT2D eigenvalue weighted by Crippen LogP contribution is -2.30. The van der Waals surface area contributed by atoms with Crippen molar-refractivity contribution >= 4 is 10.0 Å². The summed E-state index contributed by atoms with van der Waals surface area (Å²) in [4.78, 5) is 0.341. The lowest BCUT2D eigenvalue weighted by atomic mass is 10.2. The van der Waals surface area contributed by atoms with Crippen LogP contribution in [0.4, 0.5) is 0 Å². The molecule has 0 amide bonds. The Bertz CT molecular complexity index is 635.